The molecule has 0 bridgehead atoms. The lowest BCUT2D eigenvalue weighted by Crippen LogP contribution is -2.23. The summed E-state index contributed by atoms with van der Waals surface area (Å²) < 4.78 is 6.99. The van der Waals surface area contributed by atoms with Crippen molar-refractivity contribution >= 4 is 0 Å². The van der Waals surface area contributed by atoms with Crippen LogP contribution in [0.3, 0.4) is 0 Å². The molecule has 0 saturated carbocycles. The highest BCUT2D eigenvalue weighted by Gasteiger charge is 2.08. The van der Waals surface area contributed by atoms with Gasteiger partial charge in [0.1, 0.15) is 0 Å². The predicted molar refractivity (Wildman–Crippen MR) is 98.0 cm³/mol. The quantitative estimate of drug-likeness (QED) is 0.679. The number of aryl methyl sites for hydroxylation is 1. The maximum Gasteiger partial charge on any atom is 0.316 e. The van der Waals surface area contributed by atoms with Gasteiger partial charge in [-0.2, -0.15) is 5.10 Å². The van der Waals surface area contributed by atoms with Gasteiger partial charge in [-0.1, -0.05) is 13.0 Å². The first-order valence-electron chi connectivity index (χ1n) is 8.53. The largest absolute Gasteiger partial charge is 0.460 e. The van der Waals surface area contributed by atoms with Crippen molar-refractivity contribution in [3.05, 3.63) is 64.5 Å². The summed E-state index contributed by atoms with van der Waals surface area (Å²) in [6.07, 6.45) is 7.75. The molecule has 1 atom stereocenters. The van der Waals surface area contributed by atoms with Crippen LogP contribution < -0.4 is 10.3 Å². The Hall–Kier alpha value is -3.09. The van der Waals surface area contributed by atoms with E-state index in [0.717, 1.165) is 23.1 Å². The van der Waals surface area contributed by atoms with Gasteiger partial charge in [0, 0.05) is 36.4 Å². The van der Waals surface area contributed by atoms with Crippen molar-refractivity contribution in [1.29, 1.82) is 0 Å². The minimum atomic E-state index is -0.173. The predicted octanol–water partition coefficient (Wildman–Crippen LogP) is 2.63. The zero-order valence-electron chi connectivity index (χ0n) is 15.1. The maximum absolute atomic E-state index is 12.1. The molecule has 0 aromatic carbocycles. The van der Waals surface area contributed by atoms with Crippen LogP contribution in [0.4, 0.5) is 0 Å². The number of rotatable bonds is 6. The number of aromatic nitrogens is 5. The van der Waals surface area contributed by atoms with Crippen molar-refractivity contribution in [1.82, 2.24) is 24.7 Å². The minimum absolute atomic E-state index is 0.0591. The van der Waals surface area contributed by atoms with E-state index in [4.69, 9.17) is 4.74 Å². The van der Waals surface area contributed by atoms with Crippen LogP contribution in [0.1, 0.15) is 31.4 Å². The summed E-state index contributed by atoms with van der Waals surface area (Å²) in [5.41, 5.74) is 3.13. The summed E-state index contributed by atoms with van der Waals surface area (Å²) in [4.78, 5) is 24.7. The van der Waals surface area contributed by atoms with Crippen molar-refractivity contribution in [3.63, 3.8) is 0 Å². The zero-order valence-corrected chi connectivity index (χ0v) is 15.1. The van der Waals surface area contributed by atoms with Crippen molar-refractivity contribution < 1.29 is 4.74 Å². The molecule has 0 aliphatic carbocycles. The summed E-state index contributed by atoms with van der Waals surface area (Å²) in [6, 6.07) is 5.48. The van der Waals surface area contributed by atoms with Crippen molar-refractivity contribution in [2.75, 3.05) is 0 Å². The van der Waals surface area contributed by atoms with E-state index in [9.17, 15) is 4.79 Å². The molecule has 0 unspecified atom stereocenters. The van der Waals surface area contributed by atoms with Gasteiger partial charge in [-0.25, -0.2) is 14.6 Å². The van der Waals surface area contributed by atoms with E-state index >= 15 is 0 Å². The molecule has 134 valence electrons. The van der Waals surface area contributed by atoms with Crippen LogP contribution in [0.25, 0.3) is 11.3 Å². The number of nitrogens with zero attached hydrogens (tertiary/aromatic N) is 5. The molecular formula is C19H21N5O2. The van der Waals surface area contributed by atoms with E-state index in [1.807, 2.05) is 26.8 Å². The van der Waals surface area contributed by atoms with Gasteiger partial charge >= 0.3 is 6.01 Å². The minimum Gasteiger partial charge on any atom is -0.460 e. The first-order valence-corrected chi connectivity index (χ1v) is 8.53. The van der Waals surface area contributed by atoms with Gasteiger partial charge in [0.15, 0.2) is 0 Å². The third kappa shape index (κ3) is 4.30. The van der Waals surface area contributed by atoms with E-state index in [1.54, 1.807) is 30.9 Å². The Labute approximate surface area is 151 Å². The summed E-state index contributed by atoms with van der Waals surface area (Å²) in [7, 11) is 0. The highest BCUT2D eigenvalue weighted by molar-refractivity contribution is 5.55. The Balaban J connectivity index is 1.84. The summed E-state index contributed by atoms with van der Waals surface area (Å²) in [5, 5.41) is 4.43. The lowest BCUT2D eigenvalue weighted by Gasteiger charge is -2.10. The van der Waals surface area contributed by atoms with Gasteiger partial charge in [-0.15, -0.1) is 0 Å². The summed E-state index contributed by atoms with van der Waals surface area (Å²) >= 11 is 0. The Morgan fingerprint density at radius 3 is 2.62 bits per heavy atom. The van der Waals surface area contributed by atoms with E-state index in [2.05, 4.69) is 20.1 Å². The number of hydrogen-bond acceptors (Lipinski definition) is 6. The molecule has 0 fully saturated rings. The molecule has 3 heterocycles. The van der Waals surface area contributed by atoms with Crippen LogP contribution in [0.2, 0.25) is 0 Å². The smallest absolute Gasteiger partial charge is 0.316 e. The van der Waals surface area contributed by atoms with Gasteiger partial charge in [0.25, 0.3) is 5.56 Å². The average molecular weight is 351 g/mol. The van der Waals surface area contributed by atoms with Gasteiger partial charge in [-0.05, 0) is 37.5 Å². The molecule has 0 amide bonds. The first-order chi connectivity index (χ1) is 12.5. The molecular weight excluding hydrogens is 330 g/mol. The van der Waals surface area contributed by atoms with E-state index < -0.39 is 0 Å². The standard InChI is InChI=1S/C19H21N5O2/c1-4-14(3)26-19-21-10-16(11-22-19)17-5-6-18(25)24(23-17)12-15-7-13(2)8-20-9-15/h5-11,14H,4,12H2,1-3H3/t14-/m0/s1. The molecule has 3 aromatic heterocycles. The third-order valence-electron chi connectivity index (χ3n) is 3.94. The zero-order chi connectivity index (χ0) is 18.5. The fourth-order valence-electron chi connectivity index (χ4n) is 2.37. The first kappa shape index (κ1) is 17.7. The molecule has 3 aromatic rings. The number of pyridine rings is 1. The van der Waals surface area contributed by atoms with Crippen LogP contribution >= 0.6 is 0 Å². The lowest BCUT2D eigenvalue weighted by atomic mass is 10.2. The van der Waals surface area contributed by atoms with Crippen LogP contribution in [0.5, 0.6) is 6.01 Å². The van der Waals surface area contributed by atoms with E-state index in [1.165, 1.54) is 10.7 Å². The molecule has 3 rings (SSSR count). The fourth-order valence-corrected chi connectivity index (χ4v) is 2.37. The normalized spacial score (nSPS) is 12.0. The maximum atomic E-state index is 12.1. The molecule has 0 N–H and O–H groups in total. The molecule has 0 radical (unpaired) electrons. The van der Waals surface area contributed by atoms with Gasteiger partial charge in [0.05, 0.1) is 18.3 Å². The molecule has 7 heteroatoms. The highest BCUT2D eigenvalue weighted by atomic mass is 16.5. The molecule has 26 heavy (non-hydrogen) atoms. The van der Waals surface area contributed by atoms with E-state index in [0.29, 0.717) is 18.2 Å². The second-order valence-electron chi connectivity index (χ2n) is 6.18. The van der Waals surface area contributed by atoms with Crippen LogP contribution in [-0.2, 0) is 6.54 Å². The molecule has 7 nitrogen and oxygen atoms in total. The Bertz CT molecular complexity index is 937. The van der Waals surface area contributed by atoms with Crippen molar-refractivity contribution in [2.24, 2.45) is 0 Å². The highest BCUT2D eigenvalue weighted by Crippen LogP contribution is 2.16. The summed E-state index contributed by atoms with van der Waals surface area (Å²) in [6.45, 7) is 6.33. The third-order valence-corrected chi connectivity index (χ3v) is 3.94. The van der Waals surface area contributed by atoms with Gasteiger partial charge in [0.2, 0.25) is 0 Å². The fraction of sp³-hybridized carbons (Fsp3) is 0.316. The number of hydrogen-bond donors (Lipinski definition) is 0. The second-order valence-corrected chi connectivity index (χ2v) is 6.18. The second kappa shape index (κ2) is 7.86. The monoisotopic (exact) mass is 351 g/mol. The van der Waals surface area contributed by atoms with E-state index in [-0.39, 0.29) is 11.7 Å². The Kier molecular flexibility index (Phi) is 5.36. The van der Waals surface area contributed by atoms with Crippen LogP contribution in [-0.4, -0.2) is 30.8 Å². The van der Waals surface area contributed by atoms with Gasteiger partial charge < -0.3 is 4.74 Å². The van der Waals surface area contributed by atoms with Crippen LogP contribution in [0, 0.1) is 6.92 Å². The van der Waals surface area contributed by atoms with Crippen molar-refractivity contribution in [2.45, 2.75) is 39.8 Å². The topological polar surface area (TPSA) is 82.8 Å². The summed E-state index contributed by atoms with van der Waals surface area (Å²) in [5.74, 6) is 0. The lowest BCUT2D eigenvalue weighted by molar-refractivity contribution is 0.199. The Morgan fingerprint density at radius 2 is 1.92 bits per heavy atom. The van der Waals surface area contributed by atoms with Crippen LogP contribution in [0.15, 0.2) is 47.8 Å². The number of ether oxygens (including phenoxy) is 1. The van der Waals surface area contributed by atoms with Crippen molar-refractivity contribution in [3.8, 4) is 17.3 Å². The van der Waals surface area contributed by atoms with Gasteiger partial charge in [-0.3, -0.25) is 9.78 Å². The molecule has 0 aliphatic heterocycles. The SMILES string of the molecule is CC[C@H](C)Oc1ncc(-c2ccc(=O)n(Cc3cncc(C)c3)n2)cn1. The average Bonchev–Trinajstić information content (AvgIpc) is 2.64. The molecule has 0 saturated heterocycles. The molecule has 0 aliphatic rings. The molecule has 0 spiro atoms. The Morgan fingerprint density at radius 1 is 1.15 bits per heavy atom.